The average molecular weight is 488 g/mol. The van der Waals surface area contributed by atoms with E-state index in [0.29, 0.717) is 12.0 Å². The number of guanidine groups is 1. The normalized spacial score (nSPS) is 15.3. The van der Waals surface area contributed by atoms with E-state index in [1.807, 2.05) is 6.20 Å². The van der Waals surface area contributed by atoms with Crippen LogP contribution in [0.2, 0.25) is 0 Å². The van der Waals surface area contributed by atoms with Crippen LogP contribution < -0.4 is 15.5 Å². The lowest BCUT2D eigenvalue weighted by Crippen LogP contribution is -2.50. The fraction of sp³-hybridized carbons (Fsp3) is 0.632. The van der Waals surface area contributed by atoms with Gasteiger partial charge in [0.05, 0.1) is 0 Å². The summed E-state index contributed by atoms with van der Waals surface area (Å²) in [6.45, 7) is 8.25. The lowest BCUT2D eigenvalue weighted by Gasteiger charge is -2.34. The number of anilines is 1. The standard InChI is InChI=1S/C19H32N6O.HI/c1-14(2)22-19(21-13-18(26)24(4)5)23-16-8-10-25(11-9-16)17-7-6-15(3)12-20-17;/h6-7,12,14,16H,8-11,13H2,1-5H3,(H2,21,22,23);1H. The molecule has 1 saturated heterocycles. The molecule has 0 unspecified atom stereocenters. The number of aromatic nitrogens is 1. The van der Waals surface area contributed by atoms with Gasteiger partial charge >= 0.3 is 0 Å². The second-order valence-electron chi connectivity index (χ2n) is 7.35. The van der Waals surface area contributed by atoms with Gasteiger partial charge in [-0.25, -0.2) is 9.98 Å². The van der Waals surface area contributed by atoms with E-state index in [1.54, 1.807) is 19.0 Å². The summed E-state index contributed by atoms with van der Waals surface area (Å²) in [6.07, 6.45) is 3.94. The van der Waals surface area contributed by atoms with Gasteiger partial charge in [0.1, 0.15) is 12.4 Å². The van der Waals surface area contributed by atoms with Crippen molar-refractivity contribution >= 4 is 41.7 Å². The first-order valence-electron chi connectivity index (χ1n) is 9.30. The van der Waals surface area contributed by atoms with E-state index in [4.69, 9.17) is 0 Å². The Morgan fingerprint density at radius 3 is 2.52 bits per heavy atom. The summed E-state index contributed by atoms with van der Waals surface area (Å²) >= 11 is 0. The van der Waals surface area contributed by atoms with Crippen LogP contribution in [0.4, 0.5) is 5.82 Å². The summed E-state index contributed by atoms with van der Waals surface area (Å²) in [5.41, 5.74) is 1.18. The lowest BCUT2D eigenvalue weighted by molar-refractivity contribution is -0.127. The van der Waals surface area contributed by atoms with Crippen molar-refractivity contribution in [3.05, 3.63) is 23.9 Å². The second-order valence-corrected chi connectivity index (χ2v) is 7.35. The Balaban J connectivity index is 0.00000364. The zero-order chi connectivity index (χ0) is 19.1. The smallest absolute Gasteiger partial charge is 0.243 e. The van der Waals surface area contributed by atoms with Crippen LogP contribution in [0.5, 0.6) is 0 Å². The highest BCUT2D eigenvalue weighted by Crippen LogP contribution is 2.18. The SMILES string of the molecule is Cc1ccc(N2CCC(NC(=NCC(=O)N(C)C)NC(C)C)CC2)nc1.I. The first kappa shape index (κ1) is 23.5. The molecule has 1 aliphatic rings. The number of aliphatic imine (C=N–C) groups is 1. The predicted molar refractivity (Wildman–Crippen MR) is 122 cm³/mol. The number of carbonyl (C=O) groups excluding carboxylic acids is 1. The molecule has 0 aliphatic carbocycles. The van der Waals surface area contributed by atoms with E-state index in [9.17, 15) is 4.79 Å². The number of hydrogen-bond donors (Lipinski definition) is 2. The van der Waals surface area contributed by atoms with Gasteiger partial charge in [0.25, 0.3) is 0 Å². The molecule has 0 atom stereocenters. The Hall–Kier alpha value is -1.58. The van der Waals surface area contributed by atoms with Gasteiger partial charge in [0, 0.05) is 45.5 Å². The maximum absolute atomic E-state index is 11.8. The molecule has 0 bridgehead atoms. The van der Waals surface area contributed by atoms with Gasteiger partial charge in [-0.3, -0.25) is 4.79 Å². The van der Waals surface area contributed by atoms with Gasteiger partial charge in [-0.2, -0.15) is 0 Å². The maximum Gasteiger partial charge on any atom is 0.243 e. The van der Waals surface area contributed by atoms with Crippen molar-refractivity contribution in [2.24, 2.45) is 4.99 Å². The number of aryl methyl sites for hydroxylation is 1. The first-order valence-corrected chi connectivity index (χ1v) is 9.30. The fourth-order valence-electron chi connectivity index (χ4n) is 2.79. The molecular weight excluding hydrogens is 455 g/mol. The Bertz CT molecular complexity index is 609. The molecule has 1 aromatic heterocycles. The summed E-state index contributed by atoms with van der Waals surface area (Å²) in [5, 5.41) is 6.80. The minimum absolute atomic E-state index is 0. The quantitative estimate of drug-likeness (QED) is 0.377. The third-order valence-corrected chi connectivity index (χ3v) is 4.35. The zero-order valence-electron chi connectivity index (χ0n) is 17.0. The third kappa shape index (κ3) is 7.90. The Kier molecular flexibility index (Phi) is 9.82. The summed E-state index contributed by atoms with van der Waals surface area (Å²) in [5.74, 6) is 1.75. The van der Waals surface area contributed by atoms with E-state index in [-0.39, 0.29) is 42.5 Å². The van der Waals surface area contributed by atoms with Gasteiger partial charge in [-0.1, -0.05) is 6.07 Å². The molecule has 8 heteroatoms. The second kappa shape index (κ2) is 11.3. The highest BCUT2D eigenvalue weighted by atomic mass is 127. The first-order chi connectivity index (χ1) is 12.3. The van der Waals surface area contributed by atoms with Gasteiger partial charge in [-0.15, -0.1) is 24.0 Å². The molecule has 7 nitrogen and oxygen atoms in total. The number of carbonyl (C=O) groups is 1. The Morgan fingerprint density at radius 1 is 1.33 bits per heavy atom. The van der Waals surface area contributed by atoms with E-state index in [0.717, 1.165) is 31.7 Å². The van der Waals surface area contributed by atoms with Crippen LogP contribution in [-0.4, -0.2) is 67.6 Å². The molecule has 2 heterocycles. The van der Waals surface area contributed by atoms with Crippen LogP contribution in [0.25, 0.3) is 0 Å². The number of amides is 1. The topological polar surface area (TPSA) is 72.9 Å². The summed E-state index contributed by atoms with van der Waals surface area (Å²) in [6, 6.07) is 4.79. The number of piperidine rings is 1. The largest absolute Gasteiger partial charge is 0.356 e. The fourth-order valence-corrected chi connectivity index (χ4v) is 2.79. The van der Waals surface area contributed by atoms with Crippen molar-refractivity contribution < 1.29 is 4.79 Å². The average Bonchev–Trinajstić information content (AvgIpc) is 2.60. The van der Waals surface area contributed by atoms with Gasteiger partial charge < -0.3 is 20.4 Å². The molecule has 1 aliphatic heterocycles. The van der Waals surface area contributed by atoms with Crippen LogP contribution in [0.1, 0.15) is 32.3 Å². The van der Waals surface area contributed by atoms with Crippen molar-refractivity contribution in [3.63, 3.8) is 0 Å². The molecule has 27 heavy (non-hydrogen) atoms. The lowest BCUT2D eigenvalue weighted by atomic mass is 10.1. The monoisotopic (exact) mass is 488 g/mol. The summed E-state index contributed by atoms with van der Waals surface area (Å²) < 4.78 is 0. The minimum Gasteiger partial charge on any atom is -0.356 e. The van der Waals surface area contributed by atoms with Crippen LogP contribution in [0, 0.1) is 6.92 Å². The van der Waals surface area contributed by atoms with E-state index in [1.165, 1.54) is 5.56 Å². The molecule has 152 valence electrons. The zero-order valence-corrected chi connectivity index (χ0v) is 19.4. The predicted octanol–water partition coefficient (Wildman–Crippen LogP) is 2.01. The number of rotatable bonds is 5. The molecule has 0 radical (unpaired) electrons. The molecule has 2 rings (SSSR count). The third-order valence-electron chi connectivity index (χ3n) is 4.35. The number of nitrogens with zero attached hydrogens (tertiary/aromatic N) is 4. The van der Waals surface area contributed by atoms with Crippen molar-refractivity contribution in [1.82, 2.24) is 20.5 Å². The Morgan fingerprint density at radius 2 is 2.00 bits per heavy atom. The number of pyridine rings is 1. The minimum atomic E-state index is -0.00452. The highest BCUT2D eigenvalue weighted by Gasteiger charge is 2.21. The molecule has 2 N–H and O–H groups in total. The van der Waals surface area contributed by atoms with Crippen LogP contribution in [-0.2, 0) is 4.79 Å². The number of likely N-dealkylation sites (N-methyl/N-ethyl adjacent to an activating group) is 1. The van der Waals surface area contributed by atoms with E-state index >= 15 is 0 Å². The number of halogens is 1. The molecule has 1 aromatic rings. The molecule has 1 amide bonds. The van der Waals surface area contributed by atoms with Crippen molar-refractivity contribution in [2.45, 2.75) is 45.7 Å². The molecule has 1 fully saturated rings. The van der Waals surface area contributed by atoms with Gasteiger partial charge in [-0.05, 0) is 45.2 Å². The van der Waals surface area contributed by atoms with E-state index in [2.05, 4.69) is 58.4 Å². The number of hydrogen-bond acceptors (Lipinski definition) is 4. The van der Waals surface area contributed by atoms with Crippen LogP contribution in [0.3, 0.4) is 0 Å². The van der Waals surface area contributed by atoms with Gasteiger partial charge in [0.2, 0.25) is 5.91 Å². The summed E-state index contributed by atoms with van der Waals surface area (Å²) in [7, 11) is 3.49. The highest BCUT2D eigenvalue weighted by molar-refractivity contribution is 14.0. The van der Waals surface area contributed by atoms with Gasteiger partial charge in [0.15, 0.2) is 5.96 Å². The molecule has 0 aromatic carbocycles. The van der Waals surface area contributed by atoms with Crippen LogP contribution in [0.15, 0.2) is 23.3 Å². The van der Waals surface area contributed by atoms with Crippen molar-refractivity contribution in [1.29, 1.82) is 0 Å². The maximum atomic E-state index is 11.8. The molecule has 0 saturated carbocycles. The summed E-state index contributed by atoms with van der Waals surface area (Å²) in [4.78, 5) is 24.6. The van der Waals surface area contributed by atoms with Crippen molar-refractivity contribution in [2.75, 3.05) is 38.6 Å². The molecule has 0 spiro atoms. The Labute approximate surface area is 180 Å². The number of nitrogens with one attached hydrogen (secondary N) is 2. The van der Waals surface area contributed by atoms with Crippen LogP contribution >= 0.6 is 24.0 Å². The van der Waals surface area contributed by atoms with Crippen molar-refractivity contribution in [3.8, 4) is 0 Å². The molecular formula is C19H33IN6O. The van der Waals surface area contributed by atoms with E-state index < -0.39 is 0 Å².